The first-order valence-electron chi connectivity index (χ1n) is 5.72. The topological polar surface area (TPSA) is 38.3 Å². The highest BCUT2D eigenvalue weighted by molar-refractivity contribution is 5.94. The quantitative estimate of drug-likeness (QED) is 0.895. The van der Waals surface area contributed by atoms with Gasteiger partial charge in [-0.25, -0.2) is 0 Å². The van der Waals surface area contributed by atoms with Crippen LogP contribution < -0.4 is 10.1 Å². The number of nitrogens with one attached hydrogen (secondary N) is 1. The predicted molar refractivity (Wildman–Crippen MR) is 72.7 cm³/mol. The molecule has 0 aliphatic heterocycles. The third-order valence-corrected chi connectivity index (χ3v) is 2.62. The van der Waals surface area contributed by atoms with Crippen molar-refractivity contribution in [2.45, 2.75) is 6.92 Å². The maximum Gasteiger partial charge on any atom is 0.221 e. The standard InChI is InChI=1S/C15H15NO2/c1-11(17)16-15-9-8-13(18-2)10-14(15)12-6-4-3-5-7-12/h3-10H,1-2H3,(H,16,17). The maximum atomic E-state index is 11.2. The van der Waals surface area contributed by atoms with Crippen LogP contribution in [0.15, 0.2) is 48.5 Å². The Kier molecular flexibility index (Phi) is 3.63. The second-order valence-electron chi connectivity index (χ2n) is 3.96. The molecule has 3 heteroatoms. The SMILES string of the molecule is COc1ccc(NC(C)=O)c(-c2ccccc2)c1. The van der Waals surface area contributed by atoms with Gasteiger partial charge in [0.05, 0.1) is 7.11 Å². The molecule has 0 aromatic heterocycles. The molecule has 92 valence electrons. The van der Waals surface area contributed by atoms with E-state index in [9.17, 15) is 4.79 Å². The lowest BCUT2D eigenvalue weighted by Crippen LogP contribution is -2.07. The molecule has 2 rings (SSSR count). The van der Waals surface area contributed by atoms with Crippen LogP contribution in [0.1, 0.15) is 6.92 Å². The van der Waals surface area contributed by atoms with Crippen molar-refractivity contribution >= 4 is 11.6 Å². The molecule has 3 nitrogen and oxygen atoms in total. The summed E-state index contributed by atoms with van der Waals surface area (Å²) in [7, 11) is 1.63. The van der Waals surface area contributed by atoms with Crippen LogP contribution in [-0.2, 0) is 4.79 Å². The summed E-state index contributed by atoms with van der Waals surface area (Å²) < 4.78 is 5.22. The molecule has 1 amide bonds. The summed E-state index contributed by atoms with van der Waals surface area (Å²) >= 11 is 0. The number of amides is 1. The summed E-state index contributed by atoms with van der Waals surface area (Å²) in [5, 5.41) is 2.83. The van der Waals surface area contributed by atoms with Gasteiger partial charge >= 0.3 is 0 Å². The molecule has 0 spiro atoms. The third kappa shape index (κ3) is 2.69. The van der Waals surface area contributed by atoms with Gasteiger partial charge in [-0.3, -0.25) is 4.79 Å². The van der Waals surface area contributed by atoms with Gasteiger partial charge in [-0.15, -0.1) is 0 Å². The Morgan fingerprint density at radius 3 is 2.44 bits per heavy atom. The highest BCUT2D eigenvalue weighted by atomic mass is 16.5. The molecule has 0 bridgehead atoms. The summed E-state index contributed by atoms with van der Waals surface area (Å²) in [6.07, 6.45) is 0. The van der Waals surface area contributed by atoms with E-state index in [0.717, 1.165) is 22.6 Å². The molecule has 0 saturated carbocycles. The Labute approximate surface area is 106 Å². The number of rotatable bonds is 3. The van der Waals surface area contributed by atoms with E-state index in [1.807, 2.05) is 48.5 Å². The van der Waals surface area contributed by atoms with Crippen molar-refractivity contribution in [2.24, 2.45) is 0 Å². The van der Waals surface area contributed by atoms with E-state index in [4.69, 9.17) is 4.74 Å². The van der Waals surface area contributed by atoms with Crippen LogP contribution in [-0.4, -0.2) is 13.0 Å². The van der Waals surface area contributed by atoms with Crippen molar-refractivity contribution in [3.63, 3.8) is 0 Å². The molecule has 0 heterocycles. The Balaban J connectivity index is 2.51. The average molecular weight is 241 g/mol. The second kappa shape index (κ2) is 5.36. The number of ether oxygens (including phenoxy) is 1. The van der Waals surface area contributed by atoms with Gasteiger partial charge in [-0.2, -0.15) is 0 Å². The minimum atomic E-state index is -0.0858. The van der Waals surface area contributed by atoms with E-state index in [0.29, 0.717) is 0 Å². The fourth-order valence-electron chi connectivity index (χ4n) is 1.81. The van der Waals surface area contributed by atoms with Crippen molar-refractivity contribution in [2.75, 3.05) is 12.4 Å². The second-order valence-corrected chi connectivity index (χ2v) is 3.96. The fourth-order valence-corrected chi connectivity index (χ4v) is 1.81. The van der Waals surface area contributed by atoms with E-state index in [1.54, 1.807) is 7.11 Å². The molecule has 0 aliphatic rings. The third-order valence-electron chi connectivity index (χ3n) is 2.62. The molecule has 0 aliphatic carbocycles. The van der Waals surface area contributed by atoms with Gasteiger partial charge in [-0.05, 0) is 23.8 Å². The van der Waals surface area contributed by atoms with Crippen LogP contribution in [0.2, 0.25) is 0 Å². The highest BCUT2D eigenvalue weighted by Crippen LogP contribution is 2.31. The van der Waals surface area contributed by atoms with Gasteiger partial charge in [-0.1, -0.05) is 30.3 Å². The zero-order valence-corrected chi connectivity index (χ0v) is 10.4. The van der Waals surface area contributed by atoms with E-state index in [-0.39, 0.29) is 5.91 Å². The molecule has 0 radical (unpaired) electrons. The highest BCUT2D eigenvalue weighted by Gasteiger charge is 2.07. The van der Waals surface area contributed by atoms with Crippen LogP contribution in [0.4, 0.5) is 5.69 Å². The zero-order valence-electron chi connectivity index (χ0n) is 10.4. The number of methoxy groups -OCH3 is 1. The van der Waals surface area contributed by atoms with Crippen molar-refractivity contribution in [3.8, 4) is 16.9 Å². The monoisotopic (exact) mass is 241 g/mol. The van der Waals surface area contributed by atoms with E-state index in [1.165, 1.54) is 6.92 Å². The van der Waals surface area contributed by atoms with E-state index >= 15 is 0 Å². The van der Waals surface area contributed by atoms with Crippen molar-refractivity contribution < 1.29 is 9.53 Å². The minimum absolute atomic E-state index is 0.0858. The van der Waals surface area contributed by atoms with Crippen LogP contribution in [0, 0.1) is 0 Å². The first-order valence-corrected chi connectivity index (χ1v) is 5.72. The summed E-state index contributed by atoms with van der Waals surface area (Å²) in [4.78, 5) is 11.2. The van der Waals surface area contributed by atoms with E-state index in [2.05, 4.69) is 5.32 Å². The Morgan fingerprint density at radius 1 is 1.11 bits per heavy atom. The summed E-state index contributed by atoms with van der Waals surface area (Å²) in [6.45, 7) is 1.50. The Morgan fingerprint density at radius 2 is 1.83 bits per heavy atom. The van der Waals surface area contributed by atoms with Gasteiger partial charge in [0.25, 0.3) is 0 Å². The summed E-state index contributed by atoms with van der Waals surface area (Å²) in [5.74, 6) is 0.681. The fraction of sp³-hybridized carbons (Fsp3) is 0.133. The largest absolute Gasteiger partial charge is 0.497 e. The van der Waals surface area contributed by atoms with Gasteiger partial charge in [0.1, 0.15) is 5.75 Å². The zero-order chi connectivity index (χ0) is 13.0. The first-order chi connectivity index (χ1) is 8.70. The minimum Gasteiger partial charge on any atom is -0.497 e. The number of carbonyl (C=O) groups excluding carboxylic acids is 1. The maximum absolute atomic E-state index is 11.2. The van der Waals surface area contributed by atoms with Gasteiger partial charge in [0, 0.05) is 18.2 Å². The number of anilines is 1. The smallest absolute Gasteiger partial charge is 0.221 e. The summed E-state index contributed by atoms with van der Waals surface area (Å²) in [5.41, 5.74) is 2.78. The lowest BCUT2D eigenvalue weighted by Gasteiger charge is -2.12. The lowest BCUT2D eigenvalue weighted by molar-refractivity contribution is -0.114. The molecule has 0 fully saturated rings. The molecule has 18 heavy (non-hydrogen) atoms. The number of hydrogen-bond acceptors (Lipinski definition) is 2. The average Bonchev–Trinajstić information content (AvgIpc) is 2.39. The van der Waals surface area contributed by atoms with E-state index < -0.39 is 0 Å². The summed E-state index contributed by atoms with van der Waals surface area (Å²) in [6, 6.07) is 15.5. The van der Waals surface area contributed by atoms with Crippen molar-refractivity contribution in [1.29, 1.82) is 0 Å². The molecule has 2 aromatic rings. The molecular formula is C15H15NO2. The molecule has 0 saturated heterocycles. The van der Waals surface area contributed by atoms with Gasteiger partial charge < -0.3 is 10.1 Å². The van der Waals surface area contributed by atoms with Gasteiger partial charge in [0.15, 0.2) is 0 Å². The van der Waals surface area contributed by atoms with Crippen LogP contribution >= 0.6 is 0 Å². The van der Waals surface area contributed by atoms with Crippen LogP contribution in [0.3, 0.4) is 0 Å². The van der Waals surface area contributed by atoms with Crippen molar-refractivity contribution in [3.05, 3.63) is 48.5 Å². The lowest BCUT2D eigenvalue weighted by atomic mass is 10.0. The Bertz CT molecular complexity index is 550. The molecular weight excluding hydrogens is 226 g/mol. The Hall–Kier alpha value is -2.29. The number of carbonyl (C=O) groups is 1. The molecule has 2 aromatic carbocycles. The van der Waals surface area contributed by atoms with Gasteiger partial charge in [0.2, 0.25) is 5.91 Å². The van der Waals surface area contributed by atoms with Crippen LogP contribution in [0.25, 0.3) is 11.1 Å². The number of hydrogen-bond donors (Lipinski definition) is 1. The number of benzene rings is 2. The molecule has 1 N–H and O–H groups in total. The van der Waals surface area contributed by atoms with Crippen molar-refractivity contribution in [1.82, 2.24) is 0 Å². The van der Waals surface area contributed by atoms with Crippen LogP contribution in [0.5, 0.6) is 5.75 Å². The predicted octanol–water partition coefficient (Wildman–Crippen LogP) is 3.32. The first kappa shape index (κ1) is 12.2. The normalized spacial score (nSPS) is 9.89. The molecule has 0 atom stereocenters. The molecule has 0 unspecified atom stereocenters.